The Bertz CT molecular complexity index is 631. The number of amides is 1. The summed E-state index contributed by atoms with van der Waals surface area (Å²) in [4.78, 5) is 12.5. The summed E-state index contributed by atoms with van der Waals surface area (Å²) >= 11 is 1.14. The van der Waals surface area contributed by atoms with E-state index in [9.17, 15) is 13.2 Å². The second-order valence-electron chi connectivity index (χ2n) is 5.02. The molecule has 1 aromatic rings. The predicted octanol–water partition coefficient (Wildman–Crippen LogP) is -0.219. The van der Waals surface area contributed by atoms with Crippen molar-refractivity contribution in [3.8, 4) is 0 Å². The molecule has 138 valence electrons. The number of carbonyl (C=O) groups excluding carboxylic acids is 1. The lowest BCUT2D eigenvalue weighted by molar-refractivity contribution is -0.123. The number of nitrogens with zero attached hydrogens (tertiary/aromatic N) is 1. The van der Waals surface area contributed by atoms with Crippen LogP contribution < -0.4 is 11.1 Å². The van der Waals surface area contributed by atoms with Gasteiger partial charge in [0.05, 0.1) is 26.4 Å². The molecule has 0 aromatic carbocycles. The van der Waals surface area contributed by atoms with Crippen molar-refractivity contribution in [2.45, 2.75) is 16.8 Å². The number of rotatable bonds is 7. The number of ether oxygens (including phenoxy) is 2. The topological polar surface area (TPSA) is 111 Å². The second kappa shape index (κ2) is 9.66. The zero-order valence-electron chi connectivity index (χ0n) is 13.3. The van der Waals surface area contributed by atoms with Gasteiger partial charge in [0.25, 0.3) is 10.0 Å². The van der Waals surface area contributed by atoms with E-state index in [2.05, 4.69) is 5.32 Å². The van der Waals surface area contributed by atoms with Gasteiger partial charge >= 0.3 is 0 Å². The number of halogens is 1. The predicted molar refractivity (Wildman–Crippen MR) is 92.8 cm³/mol. The molecule has 1 aromatic heterocycles. The van der Waals surface area contributed by atoms with Crippen LogP contribution in [0.1, 0.15) is 4.88 Å². The van der Waals surface area contributed by atoms with E-state index in [0.29, 0.717) is 26.3 Å². The molecule has 1 unspecified atom stereocenters. The lowest BCUT2D eigenvalue weighted by Gasteiger charge is -2.25. The molecule has 0 aliphatic carbocycles. The molecule has 1 saturated heterocycles. The summed E-state index contributed by atoms with van der Waals surface area (Å²) in [6.45, 7) is 1.90. The van der Waals surface area contributed by atoms with E-state index < -0.39 is 16.1 Å². The highest BCUT2D eigenvalue weighted by molar-refractivity contribution is 7.91. The molecule has 11 heteroatoms. The quantitative estimate of drug-likeness (QED) is 0.655. The first-order valence-electron chi connectivity index (χ1n) is 7.14. The minimum Gasteiger partial charge on any atom is -0.383 e. The van der Waals surface area contributed by atoms with E-state index in [1.54, 1.807) is 12.1 Å². The summed E-state index contributed by atoms with van der Waals surface area (Å²) in [5, 5.41) is 2.67. The minimum atomic E-state index is -3.49. The number of carbonyl (C=O) groups is 1. The first kappa shape index (κ1) is 21.3. The maximum absolute atomic E-state index is 12.5. The number of hydrogen-bond donors (Lipinski definition) is 2. The third-order valence-electron chi connectivity index (χ3n) is 3.32. The highest BCUT2D eigenvalue weighted by Gasteiger charge is 2.27. The molecule has 0 saturated carbocycles. The van der Waals surface area contributed by atoms with E-state index in [-0.39, 0.29) is 35.7 Å². The summed E-state index contributed by atoms with van der Waals surface area (Å²) in [6.07, 6.45) is 0. The molecular formula is C13H22ClN3O5S2. The van der Waals surface area contributed by atoms with Gasteiger partial charge in [-0.2, -0.15) is 4.31 Å². The van der Waals surface area contributed by atoms with Crippen LogP contribution >= 0.6 is 23.7 Å². The summed E-state index contributed by atoms with van der Waals surface area (Å²) in [5.41, 5.74) is 5.62. The van der Waals surface area contributed by atoms with Crippen LogP contribution in [-0.4, -0.2) is 64.7 Å². The lowest BCUT2D eigenvalue weighted by atomic mass is 10.3. The fraction of sp³-hybridized carbons (Fsp3) is 0.615. The van der Waals surface area contributed by atoms with Crippen molar-refractivity contribution in [1.82, 2.24) is 9.62 Å². The fourth-order valence-electron chi connectivity index (χ4n) is 2.07. The Hall–Kier alpha value is -0.750. The molecule has 8 nitrogen and oxygen atoms in total. The Labute approximate surface area is 151 Å². The van der Waals surface area contributed by atoms with E-state index in [1.165, 1.54) is 11.4 Å². The first-order chi connectivity index (χ1) is 10.9. The van der Waals surface area contributed by atoms with Crippen LogP contribution in [0.4, 0.5) is 0 Å². The maximum Gasteiger partial charge on any atom is 0.252 e. The van der Waals surface area contributed by atoms with Gasteiger partial charge in [0, 0.05) is 25.1 Å². The van der Waals surface area contributed by atoms with Gasteiger partial charge in [-0.15, -0.1) is 23.7 Å². The molecule has 0 bridgehead atoms. The molecule has 1 aliphatic heterocycles. The van der Waals surface area contributed by atoms with Gasteiger partial charge in [-0.1, -0.05) is 0 Å². The Morgan fingerprint density at radius 1 is 1.46 bits per heavy atom. The molecule has 0 spiro atoms. The average Bonchev–Trinajstić information content (AvgIpc) is 3.03. The molecule has 1 amide bonds. The van der Waals surface area contributed by atoms with Crippen molar-refractivity contribution in [3.63, 3.8) is 0 Å². The SMILES string of the molecule is COCC(N)C(=O)NCc1ccc(S(=O)(=O)N2CCOCC2)s1.Cl. The molecule has 1 fully saturated rings. The van der Waals surface area contributed by atoms with Gasteiger partial charge in [0.15, 0.2) is 0 Å². The van der Waals surface area contributed by atoms with Crippen LogP contribution in [0.2, 0.25) is 0 Å². The Kier molecular flexibility index (Phi) is 8.57. The molecule has 0 radical (unpaired) electrons. The van der Waals surface area contributed by atoms with Crippen LogP contribution in [0, 0.1) is 0 Å². The van der Waals surface area contributed by atoms with Gasteiger partial charge in [-0.25, -0.2) is 8.42 Å². The third-order valence-corrected chi connectivity index (χ3v) is 6.77. The van der Waals surface area contributed by atoms with Gasteiger partial charge < -0.3 is 20.5 Å². The van der Waals surface area contributed by atoms with E-state index >= 15 is 0 Å². The first-order valence-corrected chi connectivity index (χ1v) is 9.39. The van der Waals surface area contributed by atoms with Crippen molar-refractivity contribution in [3.05, 3.63) is 17.0 Å². The smallest absolute Gasteiger partial charge is 0.252 e. The van der Waals surface area contributed by atoms with Gasteiger partial charge in [-0.3, -0.25) is 4.79 Å². The monoisotopic (exact) mass is 399 g/mol. The van der Waals surface area contributed by atoms with Crippen LogP contribution in [-0.2, 0) is 30.8 Å². The number of morpholine rings is 1. The molecule has 2 rings (SSSR count). The van der Waals surface area contributed by atoms with Crippen molar-refractivity contribution >= 4 is 39.7 Å². The zero-order chi connectivity index (χ0) is 16.9. The van der Waals surface area contributed by atoms with Crippen molar-refractivity contribution in [1.29, 1.82) is 0 Å². The van der Waals surface area contributed by atoms with Crippen molar-refractivity contribution in [2.24, 2.45) is 5.73 Å². The average molecular weight is 400 g/mol. The molecule has 24 heavy (non-hydrogen) atoms. The minimum absolute atomic E-state index is 0. The lowest BCUT2D eigenvalue weighted by Crippen LogP contribution is -2.43. The van der Waals surface area contributed by atoms with Gasteiger partial charge in [0.1, 0.15) is 10.3 Å². The summed E-state index contributed by atoms with van der Waals surface area (Å²) in [6, 6.07) is 2.52. The van der Waals surface area contributed by atoms with Crippen molar-refractivity contribution < 1.29 is 22.7 Å². The van der Waals surface area contributed by atoms with E-state index in [0.717, 1.165) is 16.2 Å². The second-order valence-corrected chi connectivity index (χ2v) is 8.35. The van der Waals surface area contributed by atoms with Gasteiger partial charge in [0.2, 0.25) is 5.91 Å². The molecule has 1 atom stereocenters. The largest absolute Gasteiger partial charge is 0.383 e. The Morgan fingerprint density at radius 2 is 2.12 bits per heavy atom. The van der Waals surface area contributed by atoms with Crippen LogP contribution in [0.25, 0.3) is 0 Å². The highest BCUT2D eigenvalue weighted by atomic mass is 35.5. The normalized spacial score (nSPS) is 17.1. The zero-order valence-corrected chi connectivity index (χ0v) is 15.7. The summed E-state index contributed by atoms with van der Waals surface area (Å²) in [5.74, 6) is -0.335. The standard InChI is InChI=1S/C13H21N3O5S2.ClH/c1-20-9-11(14)13(17)15-8-10-2-3-12(22-10)23(18,19)16-4-6-21-7-5-16;/h2-3,11H,4-9,14H2,1H3,(H,15,17);1H. The van der Waals surface area contributed by atoms with E-state index in [1.807, 2.05) is 0 Å². The summed E-state index contributed by atoms with van der Waals surface area (Å²) < 4.78 is 36.6. The van der Waals surface area contributed by atoms with Crippen molar-refractivity contribution in [2.75, 3.05) is 40.0 Å². The van der Waals surface area contributed by atoms with E-state index in [4.69, 9.17) is 15.2 Å². The fourth-order valence-corrected chi connectivity index (χ4v) is 4.92. The molecule has 2 heterocycles. The molecule has 1 aliphatic rings. The van der Waals surface area contributed by atoms with Crippen LogP contribution in [0.3, 0.4) is 0 Å². The number of nitrogens with two attached hydrogens (primary N) is 1. The maximum atomic E-state index is 12.5. The van der Waals surface area contributed by atoms with Crippen LogP contribution in [0.15, 0.2) is 16.3 Å². The molecular weight excluding hydrogens is 378 g/mol. The number of sulfonamides is 1. The third kappa shape index (κ3) is 5.38. The number of methoxy groups -OCH3 is 1. The van der Waals surface area contributed by atoms with Crippen LogP contribution in [0.5, 0.6) is 0 Å². The summed E-state index contributed by atoms with van der Waals surface area (Å²) in [7, 11) is -2.02. The Morgan fingerprint density at radius 3 is 2.75 bits per heavy atom. The molecule has 3 N–H and O–H groups in total. The van der Waals surface area contributed by atoms with Gasteiger partial charge in [-0.05, 0) is 12.1 Å². The number of nitrogens with one attached hydrogen (secondary N) is 1. The number of thiophene rings is 1. The number of hydrogen-bond acceptors (Lipinski definition) is 7. The Balaban J connectivity index is 0.00000288. The highest BCUT2D eigenvalue weighted by Crippen LogP contribution is 2.25.